The molecule has 0 aliphatic rings. The second kappa shape index (κ2) is 11.4. The largest absolute Gasteiger partial charge is 0.494 e. The molecule has 1 atom stereocenters. The van der Waals surface area contributed by atoms with Gasteiger partial charge in [-0.2, -0.15) is 9.78 Å². The third kappa shape index (κ3) is 5.58. The summed E-state index contributed by atoms with van der Waals surface area (Å²) >= 11 is 0. The van der Waals surface area contributed by atoms with Crippen LogP contribution in [-0.2, 0) is 0 Å². The second-order valence-electron chi connectivity index (χ2n) is 9.48. The van der Waals surface area contributed by atoms with Gasteiger partial charge in [-0.3, -0.25) is 4.79 Å². The van der Waals surface area contributed by atoms with Crippen molar-refractivity contribution in [3.63, 3.8) is 0 Å². The van der Waals surface area contributed by atoms with Crippen molar-refractivity contribution in [2.24, 2.45) is 5.10 Å². The fourth-order valence-corrected chi connectivity index (χ4v) is 4.19. The van der Waals surface area contributed by atoms with Gasteiger partial charge >= 0.3 is 0 Å². The first-order chi connectivity index (χ1) is 17.8. The number of nitrogens with zero attached hydrogens (tertiary/aromatic N) is 3. The summed E-state index contributed by atoms with van der Waals surface area (Å²) in [7, 11) is 0. The zero-order chi connectivity index (χ0) is 26.5. The fraction of sp³-hybridized carbons (Fsp3) is 0.323. The fourth-order valence-electron chi connectivity index (χ4n) is 4.19. The molecule has 0 radical (unpaired) electrons. The summed E-state index contributed by atoms with van der Waals surface area (Å²) in [6.45, 7) is 12.9. The average molecular weight is 498 g/mol. The monoisotopic (exact) mass is 497 g/mol. The molecule has 6 heteroatoms. The predicted molar refractivity (Wildman–Crippen MR) is 151 cm³/mol. The zero-order valence-corrected chi connectivity index (χ0v) is 22.5. The lowest BCUT2D eigenvalue weighted by molar-refractivity contribution is 0.217. The number of hydrogen-bond acceptors (Lipinski definition) is 5. The molecule has 37 heavy (non-hydrogen) atoms. The van der Waals surface area contributed by atoms with Crippen molar-refractivity contribution in [1.82, 2.24) is 9.66 Å². The molecular formula is C31H35N3O3. The van der Waals surface area contributed by atoms with Gasteiger partial charge in [0.05, 0.1) is 29.8 Å². The van der Waals surface area contributed by atoms with Gasteiger partial charge in [0.25, 0.3) is 5.56 Å². The van der Waals surface area contributed by atoms with Gasteiger partial charge in [0.1, 0.15) is 11.5 Å². The number of para-hydroxylation sites is 2. The zero-order valence-electron chi connectivity index (χ0n) is 22.5. The molecule has 4 rings (SSSR count). The van der Waals surface area contributed by atoms with E-state index in [0.29, 0.717) is 23.3 Å². The summed E-state index contributed by atoms with van der Waals surface area (Å²) in [5.41, 5.74) is 4.06. The summed E-state index contributed by atoms with van der Waals surface area (Å²) in [6.07, 6.45) is 2.63. The van der Waals surface area contributed by atoms with Crippen LogP contribution >= 0.6 is 0 Å². The van der Waals surface area contributed by atoms with E-state index in [9.17, 15) is 4.79 Å². The van der Waals surface area contributed by atoms with Crippen molar-refractivity contribution < 1.29 is 9.47 Å². The Bertz CT molecular complexity index is 1490. The van der Waals surface area contributed by atoms with Crippen molar-refractivity contribution in [3.05, 3.63) is 87.7 Å². The minimum absolute atomic E-state index is 0.0659. The minimum Gasteiger partial charge on any atom is -0.494 e. The summed E-state index contributed by atoms with van der Waals surface area (Å²) in [6, 6.07) is 19.2. The molecule has 0 saturated heterocycles. The van der Waals surface area contributed by atoms with E-state index >= 15 is 0 Å². The van der Waals surface area contributed by atoms with E-state index in [1.165, 1.54) is 4.68 Å². The SMILES string of the molecule is CCOc1cc(C)c(-c2nc3ccccc3c(=O)n2N=Cc2ccccc2O[C@@H](C)CC)cc1C(C)C. The Labute approximate surface area is 218 Å². The number of hydrogen-bond donors (Lipinski definition) is 0. The Morgan fingerprint density at radius 3 is 2.46 bits per heavy atom. The number of benzene rings is 3. The molecule has 1 aromatic heterocycles. The van der Waals surface area contributed by atoms with Gasteiger partial charge in [-0.1, -0.05) is 45.0 Å². The Balaban J connectivity index is 1.93. The lowest BCUT2D eigenvalue weighted by Gasteiger charge is -2.18. The van der Waals surface area contributed by atoms with E-state index in [2.05, 4.69) is 31.9 Å². The molecule has 0 fully saturated rings. The van der Waals surface area contributed by atoms with E-state index in [4.69, 9.17) is 14.5 Å². The lowest BCUT2D eigenvalue weighted by Crippen LogP contribution is -2.21. The van der Waals surface area contributed by atoms with E-state index < -0.39 is 0 Å². The molecule has 0 N–H and O–H groups in total. The van der Waals surface area contributed by atoms with Crippen LogP contribution in [0.15, 0.2) is 70.6 Å². The normalized spacial score (nSPS) is 12.4. The van der Waals surface area contributed by atoms with Gasteiger partial charge in [0.2, 0.25) is 0 Å². The van der Waals surface area contributed by atoms with Crippen LogP contribution in [0, 0.1) is 6.92 Å². The van der Waals surface area contributed by atoms with Crippen LogP contribution in [0.25, 0.3) is 22.3 Å². The third-order valence-corrected chi connectivity index (χ3v) is 6.41. The van der Waals surface area contributed by atoms with Gasteiger partial charge in [0, 0.05) is 11.1 Å². The first kappa shape index (κ1) is 26.1. The van der Waals surface area contributed by atoms with Gasteiger partial charge in [-0.05, 0) is 80.6 Å². The van der Waals surface area contributed by atoms with Gasteiger partial charge in [-0.25, -0.2) is 4.98 Å². The standard InChI is InChI=1S/C31H35N3O3/c1-7-22(6)37-28-16-12-9-13-23(28)19-32-34-30(33-27-15-11-10-14-24(27)31(34)35)26-18-25(20(3)4)29(36-8-2)17-21(26)5/h9-20,22H,7-8H2,1-6H3/t22-/m0/s1. The highest BCUT2D eigenvalue weighted by Crippen LogP contribution is 2.34. The maximum Gasteiger partial charge on any atom is 0.282 e. The van der Waals surface area contributed by atoms with Gasteiger partial charge in [-0.15, -0.1) is 0 Å². The van der Waals surface area contributed by atoms with Gasteiger partial charge in [0.15, 0.2) is 5.82 Å². The average Bonchev–Trinajstić information content (AvgIpc) is 2.89. The van der Waals surface area contributed by atoms with E-state index in [-0.39, 0.29) is 17.6 Å². The van der Waals surface area contributed by atoms with Crippen LogP contribution in [0.3, 0.4) is 0 Å². The van der Waals surface area contributed by atoms with Gasteiger partial charge < -0.3 is 9.47 Å². The van der Waals surface area contributed by atoms with Crippen LogP contribution in [0.5, 0.6) is 11.5 Å². The minimum atomic E-state index is -0.225. The molecule has 0 amide bonds. The first-order valence-corrected chi connectivity index (χ1v) is 12.9. The van der Waals surface area contributed by atoms with Crippen molar-refractivity contribution >= 4 is 17.1 Å². The number of aryl methyl sites for hydroxylation is 1. The van der Waals surface area contributed by atoms with Crippen molar-refractivity contribution in [3.8, 4) is 22.9 Å². The molecular weight excluding hydrogens is 462 g/mol. The highest BCUT2D eigenvalue weighted by molar-refractivity contribution is 5.84. The molecule has 0 spiro atoms. The summed E-state index contributed by atoms with van der Waals surface area (Å²) < 4.78 is 13.4. The van der Waals surface area contributed by atoms with Crippen LogP contribution in [0.2, 0.25) is 0 Å². The molecule has 3 aromatic carbocycles. The third-order valence-electron chi connectivity index (χ3n) is 6.41. The Kier molecular flexibility index (Phi) is 8.07. The number of ether oxygens (including phenoxy) is 2. The molecule has 0 aliphatic carbocycles. The topological polar surface area (TPSA) is 65.7 Å². The van der Waals surface area contributed by atoms with Crippen LogP contribution in [0.1, 0.15) is 63.6 Å². The van der Waals surface area contributed by atoms with E-state index in [0.717, 1.165) is 40.2 Å². The van der Waals surface area contributed by atoms with Crippen LogP contribution in [0.4, 0.5) is 0 Å². The molecule has 1 heterocycles. The Hall–Kier alpha value is -3.93. The smallest absolute Gasteiger partial charge is 0.282 e. The number of fused-ring (bicyclic) bond motifs is 1. The molecule has 0 unspecified atom stereocenters. The Morgan fingerprint density at radius 1 is 1.00 bits per heavy atom. The molecule has 4 aromatic rings. The summed E-state index contributed by atoms with van der Waals surface area (Å²) in [5.74, 6) is 2.30. The lowest BCUT2D eigenvalue weighted by atomic mass is 9.96. The second-order valence-corrected chi connectivity index (χ2v) is 9.48. The molecule has 0 aliphatic heterocycles. The quantitative estimate of drug-likeness (QED) is 0.235. The molecule has 192 valence electrons. The molecule has 0 saturated carbocycles. The number of aromatic nitrogens is 2. The predicted octanol–water partition coefficient (Wildman–Crippen LogP) is 6.95. The number of rotatable bonds is 9. The highest BCUT2D eigenvalue weighted by atomic mass is 16.5. The summed E-state index contributed by atoms with van der Waals surface area (Å²) in [5, 5.41) is 5.19. The maximum atomic E-state index is 13.7. The maximum absolute atomic E-state index is 13.7. The molecule has 0 bridgehead atoms. The van der Waals surface area contributed by atoms with Crippen LogP contribution in [-0.4, -0.2) is 28.6 Å². The van der Waals surface area contributed by atoms with E-state index in [1.54, 1.807) is 12.3 Å². The van der Waals surface area contributed by atoms with Crippen molar-refractivity contribution in [2.45, 2.75) is 60.0 Å². The highest BCUT2D eigenvalue weighted by Gasteiger charge is 2.18. The van der Waals surface area contributed by atoms with Crippen LogP contribution < -0.4 is 15.0 Å². The molecule has 6 nitrogen and oxygen atoms in total. The van der Waals surface area contributed by atoms with Crippen molar-refractivity contribution in [2.75, 3.05) is 6.61 Å². The van der Waals surface area contributed by atoms with Crippen molar-refractivity contribution in [1.29, 1.82) is 0 Å². The first-order valence-electron chi connectivity index (χ1n) is 12.9. The van der Waals surface area contributed by atoms with E-state index in [1.807, 2.05) is 69.3 Å². The Morgan fingerprint density at radius 2 is 1.73 bits per heavy atom. The summed E-state index contributed by atoms with van der Waals surface area (Å²) in [4.78, 5) is 18.6.